The minimum Gasteiger partial charge on any atom is -0.410 e. The van der Waals surface area contributed by atoms with E-state index in [-0.39, 0.29) is 0 Å². The standard InChI is InChI=1S/C20H22N6O2/c27-20(22-11-14-5-2-1-3-6-14)28-18-8-4-7-15(10-18)16-9-17(13-21-12-16)19-23-25-26-24-19/h4,7-10,12-14H,1-3,5-6,11H2,(H,22,27)(H,23,24,25,26). The predicted molar refractivity (Wildman–Crippen MR) is 103 cm³/mol. The fourth-order valence-electron chi connectivity index (χ4n) is 3.51. The molecule has 2 heterocycles. The van der Waals surface area contributed by atoms with Crippen LogP contribution >= 0.6 is 0 Å². The van der Waals surface area contributed by atoms with E-state index in [4.69, 9.17) is 4.74 Å². The summed E-state index contributed by atoms with van der Waals surface area (Å²) < 4.78 is 5.46. The number of ether oxygens (including phenoxy) is 1. The van der Waals surface area contributed by atoms with Crippen molar-refractivity contribution in [3.05, 3.63) is 42.7 Å². The van der Waals surface area contributed by atoms with Crippen LogP contribution in [0, 0.1) is 5.92 Å². The van der Waals surface area contributed by atoms with Crippen LogP contribution in [0.1, 0.15) is 32.1 Å². The Kier molecular flexibility index (Phi) is 5.56. The predicted octanol–water partition coefficient (Wildman–Crippen LogP) is 3.60. The molecule has 144 valence electrons. The minimum atomic E-state index is -0.415. The summed E-state index contributed by atoms with van der Waals surface area (Å²) in [6.45, 7) is 0.676. The molecule has 1 aliphatic carbocycles. The second-order valence-electron chi connectivity index (χ2n) is 7.00. The highest BCUT2D eigenvalue weighted by Gasteiger charge is 2.15. The maximum Gasteiger partial charge on any atom is 0.412 e. The van der Waals surface area contributed by atoms with Gasteiger partial charge in [0.2, 0.25) is 5.82 Å². The van der Waals surface area contributed by atoms with Gasteiger partial charge >= 0.3 is 6.09 Å². The van der Waals surface area contributed by atoms with E-state index in [1.54, 1.807) is 18.5 Å². The van der Waals surface area contributed by atoms with Crippen molar-refractivity contribution >= 4 is 6.09 Å². The van der Waals surface area contributed by atoms with E-state index >= 15 is 0 Å². The topological polar surface area (TPSA) is 106 Å². The molecule has 1 aliphatic rings. The summed E-state index contributed by atoms with van der Waals surface area (Å²) in [6.07, 6.45) is 9.16. The smallest absolute Gasteiger partial charge is 0.410 e. The molecule has 1 fully saturated rings. The third-order valence-electron chi connectivity index (χ3n) is 4.98. The first-order valence-electron chi connectivity index (χ1n) is 9.53. The van der Waals surface area contributed by atoms with Crippen LogP contribution in [-0.2, 0) is 0 Å². The third-order valence-corrected chi connectivity index (χ3v) is 4.98. The normalized spacial score (nSPS) is 14.6. The molecule has 0 aliphatic heterocycles. The van der Waals surface area contributed by atoms with Crippen LogP contribution in [0.2, 0.25) is 0 Å². The van der Waals surface area contributed by atoms with E-state index in [1.165, 1.54) is 32.1 Å². The average Bonchev–Trinajstić information content (AvgIpc) is 3.28. The molecule has 8 nitrogen and oxygen atoms in total. The molecule has 2 N–H and O–H groups in total. The molecule has 4 rings (SSSR count). The first kappa shape index (κ1) is 18.1. The largest absolute Gasteiger partial charge is 0.412 e. The van der Waals surface area contributed by atoms with E-state index in [2.05, 4.69) is 30.9 Å². The Hall–Kier alpha value is -3.29. The molecule has 0 unspecified atom stereocenters. The molecule has 1 amide bonds. The van der Waals surface area contributed by atoms with Crippen molar-refractivity contribution in [3.8, 4) is 28.3 Å². The van der Waals surface area contributed by atoms with Crippen molar-refractivity contribution in [2.24, 2.45) is 5.92 Å². The van der Waals surface area contributed by atoms with Crippen molar-refractivity contribution in [2.45, 2.75) is 32.1 Å². The van der Waals surface area contributed by atoms with E-state index < -0.39 is 6.09 Å². The molecule has 3 aromatic rings. The molecular weight excluding hydrogens is 356 g/mol. The van der Waals surface area contributed by atoms with Crippen LogP contribution in [0.25, 0.3) is 22.5 Å². The first-order chi connectivity index (χ1) is 13.8. The Bertz CT molecular complexity index is 922. The molecule has 0 bridgehead atoms. The van der Waals surface area contributed by atoms with Crippen molar-refractivity contribution in [1.82, 2.24) is 30.9 Å². The van der Waals surface area contributed by atoms with Crippen molar-refractivity contribution in [1.29, 1.82) is 0 Å². The number of nitrogens with one attached hydrogen (secondary N) is 2. The zero-order valence-corrected chi connectivity index (χ0v) is 15.5. The third kappa shape index (κ3) is 4.51. The number of rotatable bonds is 5. The van der Waals surface area contributed by atoms with Gasteiger partial charge in [-0.15, -0.1) is 10.2 Å². The lowest BCUT2D eigenvalue weighted by atomic mass is 9.89. The van der Waals surface area contributed by atoms with Crippen molar-refractivity contribution in [2.75, 3.05) is 6.54 Å². The molecule has 0 saturated heterocycles. The van der Waals surface area contributed by atoms with Gasteiger partial charge in [0.05, 0.1) is 0 Å². The number of hydrogen-bond donors (Lipinski definition) is 2. The van der Waals surface area contributed by atoms with Crippen molar-refractivity contribution < 1.29 is 9.53 Å². The lowest BCUT2D eigenvalue weighted by molar-refractivity contribution is 0.196. The zero-order chi connectivity index (χ0) is 19.2. The second-order valence-corrected chi connectivity index (χ2v) is 7.00. The summed E-state index contributed by atoms with van der Waals surface area (Å²) in [5.74, 6) is 1.53. The number of H-pyrrole nitrogens is 1. The van der Waals surface area contributed by atoms with Crippen LogP contribution in [0.15, 0.2) is 42.7 Å². The Morgan fingerprint density at radius 1 is 1.11 bits per heavy atom. The number of carbonyl (C=O) groups is 1. The number of benzene rings is 1. The number of nitrogens with zero attached hydrogens (tertiary/aromatic N) is 4. The Balaban J connectivity index is 1.41. The molecule has 1 saturated carbocycles. The summed E-state index contributed by atoms with van der Waals surface area (Å²) in [5.41, 5.74) is 2.51. The number of aromatic amines is 1. The highest BCUT2D eigenvalue weighted by molar-refractivity contribution is 5.73. The van der Waals surface area contributed by atoms with Gasteiger partial charge in [-0.2, -0.15) is 5.21 Å². The molecule has 0 atom stereocenters. The summed E-state index contributed by atoms with van der Waals surface area (Å²) in [4.78, 5) is 16.4. The van der Waals surface area contributed by atoms with Crippen molar-refractivity contribution in [3.63, 3.8) is 0 Å². The maximum absolute atomic E-state index is 12.1. The summed E-state index contributed by atoms with van der Waals surface area (Å²) in [5, 5.41) is 16.8. The number of pyridine rings is 1. The van der Waals surface area contributed by atoms with Gasteiger partial charge in [0.25, 0.3) is 0 Å². The molecule has 28 heavy (non-hydrogen) atoms. The molecule has 0 radical (unpaired) electrons. The highest BCUT2D eigenvalue weighted by Crippen LogP contribution is 2.26. The molecule has 0 spiro atoms. The Labute approximate surface area is 162 Å². The van der Waals surface area contributed by atoms with Crippen LogP contribution in [-0.4, -0.2) is 38.2 Å². The summed E-state index contributed by atoms with van der Waals surface area (Å²) in [7, 11) is 0. The molecular formula is C20H22N6O2. The zero-order valence-electron chi connectivity index (χ0n) is 15.5. The number of hydrogen-bond acceptors (Lipinski definition) is 6. The average molecular weight is 378 g/mol. The summed E-state index contributed by atoms with van der Waals surface area (Å²) in [6, 6.07) is 9.28. The highest BCUT2D eigenvalue weighted by atomic mass is 16.6. The van der Waals surface area contributed by atoms with Gasteiger partial charge in [-0.05, 0) is 47.7 Å². The van der Waals surface area contributed by atoms with Crippen LogP contribution in [0.5, 0.6) is 5.75 Å². The van der Waals surface area contributed by atoms with Gasteiger partial charge < -0.3 is 10.1 Å². The fraction of sp³-hybridized carbons (Fsp3) is 0.350. The maximum atomic E-state index is 12.1. The quantitative estimate of drug-likeness (QED) is 0.703. The molecule has 2 aromatic heterocycles. The lowest BCUT2D eigenvalue weighted by Crippen LogP contribution is -2.32. The van der Waals surface area contributed by atoms with Crippen LogP contribution < -0.4 is 10.1 Å². The van der Waals surface area contributed by atoms with E-state index in [9.17, 15) is 4.79 Å². The van der Waals surface area contributed by atoms with E-state index in [1.807, 2.05) is 24.3 Å². The molecule has 8 heteroatoms. The minimum absolute atomic E-state index is 0.415. The van der Waals surface area contributed by atoms with Gasteiger partial charge in [-0.1, -0.05) is 31.4 Å². The Morgan fingerprint density at radius 3 is 2.79 bits per heavy atom. The number of carbonyl (C=O) groups excluding carboxylic acids is 1. The van der Waals surface area contributed by atoms with Crippen LogP contribution in [0.4, 0.5) is 4.79 Å². The van der Waals surface area contributed by atoms with Gasteiger partial charge in [-0.25, -0.2) is 4.79 Å². The van der Waals surface area contributed by atoms with Gasteiger partial charge in [0.15, 0.2) is 0 Å². The first-order valence-corrected chi connectivity index (χ1v) is 9.53. The Morgan fingerprint density at radius 2 is 1.96 bits per heavy atom. The second kappa shape index (κ2) is 8.60. The van der Waals surface area contributed by atoms with Gasteiger partial charge in [0, 0.05) is 30.1 Å². The number of tetrazole rings is 1. The lowest BCUT2D eigenvalue weighted by Gasteiger charge is -2.21. The van der Waals surface area contributed by atoms with E-state index in [0.717, 1.165) is 16.7 Å². The van der Waals surface area contributed by atoms with E-state index in [0.29, 0.717) is 24.0 Å². The van der Waals surface area contributed by atoms with Gasteiger partial charge in [0.1, 0.15) is 5.75 Å². The molecule has 1 aromatic carbocycles. The van der Waals surface area contributed by atoms with Gasteiger partial charge in [-0.3, -0.25) is 4.98 Å². The summed E-state index contributed by atoms with van der Waals surface area (Å²) >= 11 is 0. The fourth-order valence-corrected chi connectivity index (χ4v) is 3.51. The van der Waals surface area contributed by atoms with Crippen LogP contribution in [0.3, 0.4) is 0 Å². The monoisotopic (exact) mass is 378 g/mol. The SMILES string of the molecule is O=C(NCC1CCCCC1)Oc1cccc(-c2cncc(-c3nn[nH]n3)c2)c1. The number of aromatic nitrogens is 5. The number of amides is 1.